The van der Waals surface area contributed by atoms with Gasteiger partial charge in [-0.2, -0.15) is 0 Å². The quantitative estimate of drug-likeness (QED) is 0.735. The lowest BCUT2D eigenvalue weighted by molar-refractivity contribution is -0.124. The zero-order valence-electron chi connectivity index (χ0n) is 11.6. The van der Waals surface area contributed by atoms with Gasteiger partial charge in [-0.15, -0.1) is 0 Å². The van der Waals surface area contributed by atoms with Crippen LogP contribution in [0.2, 0.25) is 0 Å². The lowest BCUT2D eigenvalue weighted by Crippen LogP contribution is -2.44. The Kier molecular flexibility index (Phi) is 3.42. The van der Waals surface area contributed by atoms with Gasteiger partial charge in [0.05, 0.1) is 11.5 Å². The van der Waals surface area contributed by atoms with Crippen molar-refractivity contribution < 1.29 is 9.90 Å². The molecule has 0 saturated heterocycles. The zero-order valence-corrected chi connectivity index (χ0v) is 11.6. The molecule has 2 saturated carbocycles. The molecule has 0 heterocycles. The lowest BCUT2D eigenvalue weighted by Gasteiger charge is -2.28. The molecule has 0 aliphatic heterocycles. The fourth-order valence-corrected chi connectivity index (χ4v) is 3.19. The predicted octanol–water partition coefficient (Wildman–Crippen LogP) is 1.72. The summed E-state index contributed by atoms with van der Waals surface area (Å²) in [6.45, 7) is 0. The average molecular weight is 274 g/mol. The van der Waals surface area contributed by atoms with E-state index in [-0.39, 0.29) is 23.5 Å². The minimum Gasteiger partial charge on any atom is -0.399 e. The molecule has 4 heteroatoms. The Balaban J connectivity index is 1.68. The number of nitrogens with one attached hydrogen (secondary N) is 1. The molecular weight excluding hydrogens is 252 g/mol. The summed E-state index contributed by atoms with van der Waals surface area (Å²) in [5.41, 5.74) is 7.13. The lowest BCUT2D eigenvalue weighted by atomic mass is 9.90. The summed E-state index contributed by atoms with van der Waals surface area (Å²) >= 11 is 0. The number of nitrogens with two attached hydrogens (primary N) is 1. The van der Waals surface area contributed by atoms with Gasteiger partial charge in [0.15, 0.2) is 0 Å². The van der Waals surface area contributed by atoms with Gasteiger partial charge >= 0.3 is 0 Å². The van der Waals surface area contributed by atoms with Gasteiger partial charge in [-0.3, -0.25) is 4.79 Å². The highest BCUT2D eigenvalue weighted by Crippen LogP contribution is 2.48. The van der Waals surface area contributed by atoms with Crippen LogP contribution in [0.1, 0.15) is 44.1 Å². The van der Waals surface area contributed by atoms with Crippen LogP contribution in [0.25, 0.3) is 0 Å². The van der Waals surface area contributed by atoms with Crippen molar-refractivity contribution >= 4 is 11.6 Å². The maximum absolute atomic E-state index is 12.6. The van der Waals surface area contributed by atoms with E-state index in [2.05, 4.69) is 5.32 Å². The standard InChI is InChI=1S/C16H22N2O2/c17-12-6-4-11(5-7-12)16(8-9-16)15(20)18-13-2-1-3-14(19)10-13/h4-7,13-14,19H,1-3,8-10,17H2,(H,18,20). The SMILES string of the molecule is Nc1ccc(C2(C(=O)NC3CCCC(O)C3)CC2)cc1. The largest absolute Gasteiger partial charge is 0.399 e. The van der Waals surface area contributed by atoms with Gasteiger partial charge in [-0.1, -0.05) is 12.1 Å². The summed E-state index contributed by atoms with van der Waals surface area (Å²) in [5, 5.41) is 12.8. The summed E-state index contributed by atoms with van der Waals surface area (Å²) in [6.07, 6.45) is 5.04. The molecule has 4 nitrogen and oxygen atoms in total. The first-order chi connectivity index (χ1) is 9.60. The highest BCUT2D eigenvalue weighted by molar-refractivity contribution is 5.91. The molecular formula is C16H22N2O2. The van der Waals surface area contributed by atoms with Gasteiger partial charge in [0, 0.05) is 11.7 Å². The molecule has 2 unspecified atom stereocenters. The van der Waals surface area contributed by atoms with Crippen LogP contribution in [0.5, 0.6) is 0 Å². The number of anilines is 1. The van der Waals surface area contributed by atoms with Gasteiger partial charge in [0.25, 0.3) is 0 Å². The smallest absolute Gasteiger partial charge is 0.230 e. The van der Waals surface area contributed by atoms with Crippen molar-refractivity contribution in [3.8, 4) is 0 Å². The molecule has 1 amide bonds. The second kappa shape index (κ2) is 5.09. The Morgan fingerprint density at radius 1 is 1.25 bits per heavy atom. The zero-order chi connectivity index (χ0) is 14.2. The molecule has 2 aliphatic rings. The van der Waals surface area contributed by atoms with Crippen molar-refractivity contribution in [3.05, 3.63) is 29.8 Å². The third-order valence-electron chi connectivity index (χ3n) is 4.63. The van der Waals surface area contributed by atoms with Gasteiger partial charge < -0.3 is 16.2 Å². The number of aliphatic hydroxyl groups excluding tert-OH is 1. The van der Waals surface area contributed by atoms with E-state index in [0.29, 0.717) is 6.42 Å². The second-order valence-electron chi connectivity index (χ2n) is 6.19. The average Bonchev–Trinajstić information content (AvgIpc) is 3.21. The van der Waals surface area contributed by atoms with E-state index >= 15 is 0 Å². The molecule has 3 rings (SSSR count). The number of aliphatic hydroxyl groups is 1. The molecule has 2 fully saturated rings. The first kappa shape index (κ1) is 13.4. The van der Waals surface area contributed by atoms with Crippen LogP contribution < -0.4 is 11.1 Å². The van der Waals surface area contributed by atoms with E-state index in [1.165, 1.54) is 0 Å². The Hall–Kier alpha value is -1.55. The Bertz CT molecular complexity index is 494. The van der Waals surface area contributed by atoms with Gasteiger partial charge in [0.1, 0.15) is 0 Å². The molecule has 4 N–H and O–H groups in total. The fourth-order valence-electron chi connectivity index (χ4n) is 3.19. The number of benzene rings is 1. The number of hydrogen-bond acceptors (Lipinski definition) is 3. The topological polar surface area (TPSA) is 75.4 Å². The fraction of sp³-hybridized carbons (Fsp3) is 0.562. The van der Waals surface area contributed by atoms with Crippen LogP contribution in [-0.4, -0.2) is 23.2 Å². The molecule has 2 aliphatic carbocycles. The van der Waals surface area contributed by atoms with Gasteiger partial charge in [-0.25, -0.2) is 0 Å². The number of amides is 1. The first-order valence-corrected chi connectivity index (χ1v) is 7.45. The van der Waals surface area contributed by atoms with Crippen molar-refractivity contribution in [2.45, 2.75) is 56.1 Å². The summed E-state index contributed by atoms with van der Waals surface area (Å²) in [7, 11) is 0. The minimum atomic E-state index is -0.351. The highest BCUT2D eigenvalue weighted by atomic mass is 16.3. The third-order valence-corrected chi connectivity index (χ3v) is 4.63. The van der Waals surface area contributed by atoms with Crippen molar-refractivity contribution in [2.75, 3.05) is 5.73 Å². The van der Waals surface area contributed by atoms with E-state index in [9.17, 15) is 9.90 Å². The molecule has 108 valence electrons. The van der Waals surface area contributed by atoms with Crippen LogP contribution in [-0.2, 0) is 10.2 Å². The molecule has 0 bridgehead atoms. The maximum atomic E-state index is 12.6. The van der Waals surface area contributed by atoms with Crippen LogP contribution in [0.3, 0.4) is 0 Å². The van der Waals surface area contributed by atoms with Crippen LogP contribution >= 0.6 is 0 Å². The Morgan fingerprint density at radius 3 is 2.55 bits per heavy atom. The van der Waals surface area contributed by atoms with E-state index < -0.39 is 0 Å². The van der Waals surface area contributed by atoms with E-state index in [4.69, 9.17) is 5.73 Å². The molecule has 0 aromatic heterocycles. The maximum Gasteiger partial charge on any atom is 0.230 e. The second-order valence-corrected chi connectivity index (χ2v) is 6.19. The summed E-state index contributed by atoms with van der Waals surface area (Å²) in [6, 6.07) is 7.74. The number of nitrogen functional groups attached to an aromatic ring is 1. The molecule has 2 atom stereocenters. The summed E-state index contributed by atoms with van der Waals surface area (Å²) < 4.78 is 0. The monoisotopic (exact) mass is 274 g/mol. The summed E-state index contributed by atoms with van der Waals surface area (Å²) in [4.78, 5) is 12.6. The van der Waals surface area contributed by atoms with E-state index in [1.54, 1.807) is 0 Å². The Morgan fingerprint density at radius 2 is 1.95 bits per heavy atom. The van der Waals surface area contributed by atoms with Crippen molar-refractivity contribution in [1.82, 2.24) is 5.32 Å². The molecule has 0 spiro atoms. The number of carbonyl (C=O) groups is 1. The molecule has 0 radical (unpaired) electrons. The summed E-state index contributed by atoms with van der Waals surface area (Å²) in [5.74, 6) is 0.112. The molecule has 20 heavy (non-hydrogen) atoms. The molecule has 1 aromatic rings. The van der Waals surface area contributed by atoms with Gasteiger partial charge in [-0.05, 0) is 56.2 Å². The van der Waals surface area contributed by atoms with Crippen LogP contribution in [0.15, 0.2) is 24.3 Å². The predicted molar refractivity (Wildman–Crippen MR) is 78.2 cm³/mol. The number of hydrogen-bond donors (Lipinski definition) is 3. The van der Waals surface area contributed by atoms with Crippen LogP contribution in [0.4, 0.5) is 5.69 Å². The van der Waals surface area contributed by atoms with Crippen LogP contribution in [0, 0.1) is 0 Å². The van der Waals surface area contributed by atoms with E-state index in [1.807, 2.05) is 24.3 Å². The van der Waals surface area contributed by atoms with Crippen molar-refractivity contribution in [2.24, 2.45) is 0 Å². The first-order valence-electron chi connectivity index (χ1n) is 7.45. The normalized spacial score (nSPS) is 27.9. The van der Waals surface area contributed by atoms with Crippen molar-refractivity contribution in [1.29, 1.82) is 0 Å². The molecule has 1 aromatic carbocycles. The van der Waals surface area contributed by atoms with Gasteiger partial charge in [0.2, 0.25) is 5.91 Å². The minimum absolute atomic E-state index is 0.112. The third kappa shape index (κ3) is 2.52. The Labute approximate surface area is 119 Å². The number of carbonyl (C=O) groups excluding carboxylic acids is 1. The number of rotatable bonds is 3. The van der Waals surface area contributed by atoms with Crippen molar-refractivity contribution in [3.63, 3.8) is 0 Å². The van der Waals surface area contributed by atoms with E-state index in [0.717, 1.165) is 43.4 Å². The highest BCUT2D eigenvalue weighted by Gasteiger charge is 2.51.